The molecule has 1 unspecified atom stereocenters. The Labute approximate surface area is 142 Å². The van der Waals surface area contributed by atoms with Gasteiger partial charge in [0.05, 0.1) is 12.4 Å². The number of halogens is 1. The zero-order chi connectivity index (χ0) is 17.6. The molecule has 1 atom stereocenters. The lowest BCUT2D eigenvalue weighted by molar-refractivity contribution is -0.121. The number of amides is 1. The fraction of sp³-hybridized carbons (Fsp3) is 0.562. The molecule has 0 bridgehead atoms. The Kier molecular flexibility index (Phi) is 6.70. The first-order chi connectivity index (χ1) is 11.4. The van der Waals surface area contributed by atoms with Gasteiger partial charge in [-0.15, -0.1) is 0 Å². The van der Waals surface area contributed by atoms with Gasteiger partial charge in [-0.2, -0.15) is 4.31 Å². The van der Waals surface area contributed by atoms with E-state index in [1.807, 2.05) is 0 Å². The smallest absolute Gasteiger partial charge is 0.221 e. The summed E-state index contributed by atoms with van der Waals surface area (Å²) in [4.78, 5) is 11.9. The minimum atomic E-state index is -3.41. The van der Waals surface area contributed by atoms with Crippen molar-refractivity contribution in [2.24, 2.45) is 0 Å². The highest BCUT2D eigenvalue weighted by Crippen LogP contribution is 2.15. The summed E-state index contributed by atoms with van der Waals surface area (Å²) in [6, 6.07) is 6.19. The Morgan fingerprint density at radius 3 is 2.79 bits per heavy atom. The van der Waals surface area contributed by atoms with Crippen LogP contribution in [0.1, 0.15) is 24.8 Å². The lowest BCUT2D eigenvalue weighted by Crippen LogP contribution is -2.39. The maximum atomic E-state index is 13.5. The number of hydrogen-bond acceptors (Lipinski definition) is 4. The Bertz CT molecular complexity index is 660. The van der Waals surface area contributed by atoms with E-state index >= 15 is 0 Å². The van der Waals surface area contributed by atoms with E-state index in [1.54, 1.807) is 18.2 Å². The van der Waals surface area contributed by atoms with E-state index in [9.17, 15) is 17.6 Å². The predicted octanol–water partition coefficient (Wildman–Crippen LogP) is 1.27. The van der Waals surface area contributed by atoms with Crippen LogP contribution in [0.2, 0.25) is 0 Å². The van der Waals surface area contributed by atoms with E-state index in [-0.39, 0.29) is 43.9 Å². The monoisotopic (exact) mass is 358 g/mol. The van der Waals surface area contributed by atoms with Crippen LogP contribution in [0.5, 0.6) is 0 Å². The van der Waals surface area contributed by atoms with Crippen molar-refractivity contribution in [3.63, 3.8) is 0 Å². The number of carbonyl (C=O) groups is 1. The summed E-state index contributed by atoms with van der Waals surface area (Å²) >= 11 is 0. The van der Waals surface area contributed by atoms with Crippen LogP contribution in [0.3, 0.4) is 0 Å². The molecule has 1 fully saturated rings. The Morgan fingerprint density at radius 1 is 1.42 bits per heavy atom. The van der Waals surface area contributed by atoms with Crippen LogP contribution >= 0.6 is 0 Å². The number of ether oxygens (including phenoxy) is 1. The van der Waals surface area contributed by atoms with Crippen molar-refractivity contribution in [1.29, 1.82) is 0 Å². The lowest BCUT2D eigenvalue weighted by atomic mass is 10.2. The summed E-state index contributed by atoms with van der Waals surface area (Å²) in [5.41, 5.74) is 0.394. The Morgan fingerprint density at radius 2 is 2.17 bits per heavy atom. The predicted molar refractivity (Wildman–Crippen MR) is 88.3 cm³/mol. The molecule has 0 radical (unpaired) electrons. The molecule has 1 aromatic carbocycles. The number of carbonyl (C=O) groups excluding carboxylic acids is 1. The second kappa shape index (κ2) is 8.55. The molecule has 2 rings (SSSR count). The molecule has 1 aliphatic heterocycles. The maximum Gasteiger partial charge on any atom is 0.221 e. The Balaban J connectivity index is 1.82. The molecule has 1 aliphatic rings. The highest BCUT2D eigenvalue weighted by molar-refractivity contribution is 7.88. The summed E-state index contributed by atoms with van der Waals surface area (Å²) in [6.07, 6.45) is 2.78. The molecule has 1 N–H and O–H groups in total. The number of sulfonamides is 1. The van der Waals surface area contributed by atoms with Crippen molar-refractivity contribution >= 4 is 15.9 Å². The molecule has 0 spiro atoms. The van der Waals surface area contributed by atoms with Crippen LogP contribution < -0.4 is 5.32 Å². The molecule has 1 heterocycles. The van der Waals surface area contributed by atoms with Gasteiger partial charge in [-0.1, -0.05) is 18.2 Å². The Hall–Kier alpha value is -1.51. The molecule has 1 saturated heterocycles. The molecule has 6 nitrogen and oxygen atoms in total. The molecular formula is C16H23FN2O4S. The normalized spacial score (nSPS) is 18.0. The minimum absolute atomic E-state index is 0.0221. The van der Waals surface area contributed by atoms with Gasteiger partial charge in [-0.3, -0.25) is 4.79 Å². The van der Waals surface area contributed by atoms with Gasteiger partial charge in [0.25, 0.3) is 0 Å². The molecule has 0 saturated carbocycles. The van der Waals surface area contributed by atoms with E-state index in [0.29, 0.717) is 12.2 Å². The fourth-order valence-electron chi connectivity index (χ4n) is 2.56. The largest absolute Gasteiger partial charge is 0.377 e. The van der Waals surface area contributed by atoms with E-state index in [0.717, 1.165) is 19.1 Å². The minimum Gasteiger partial charge on any atom is -0.377 e. The summed E-state index contributed by atoms with van der Waals surface area (Å²) in [6.45, 7) is 1.07. The molecule has 134 valence electrons. The van der Waals surface area contributed by atoms with Crippen LogP contribution in [0.4, 0.5) is 4.39 Å². The molecule has 24 heavy (non-hydrogen) atoms. The molecule has 0 aliphatic carbocycles. The summed E-state index contributed by atoms with van der Waals surface area (Å²) < 4.78 is 43.9. The van der Waals surface area contributed by atoms with Crippen LogP contribution in [0.25, 0.3) is 0 Å². The van der Waals surface area contributed by atoms with Crippen molar-refractivity contribution in [2.75, 3.05) is 26.0 Å². The summed E-state index contributed by atoms with van der Waals surface area (Å²) in [5, 5.41) is 2.61. The molecular weight excluding hydrogens is 335 g/mol. The molecule has 8 heteroatoms. The van der Waals surface area contributed by atoms with E-state index in [1.165, 1.54) is 10.4 Å². The molecule has 1 aromatic rings. The van der Waals surface area contributed by atoms with Gasteiger partial charge in [-0.25, -0.2) is 12.8 Å². The molecule has 1 amide bonds. The van der Waals surface area contributed by atoms with E-state index in [4.69, 9.17) is 4.74 Å². The highest BCUT2D eigenvalue weighted by Gasteiger charge is 2.25. The second-order valence-corrected chi connectivity index (χ2v) is 7.86. The van der Waals surface area contributed by atoms with Gasteiger partial charge < -0.3 is 10.1 Å². The first-order valence-corrected chi connectivity index (χ1v) is 9.78. The van der Waals surface area contributed by atoms with Gasteiger partial charge in [0, 0.05) is 38.2 Å². The number of hydrogen-bond donors (Lipinski definition) is 1. The number of nitrogens with one attached hydrogen (secondary N) is 1. The van der Waals surface area contributed by atoms with Crippen LogP contribution in [-0.2, 0) is 26.1 Å². The third kappa shape index (κ3) is 5.85. The standard InChI is InChI=1S/C16H23FN2O4S/c1-24(21,22)19(12-14-6-4-10-23-14)9-8-16(20)18-11-13-5-2-3-7-15(13)17/h2-3,5,7,14H,4,6,8-12H2,1H3,(H,18,20). The zero-order valence-electron chi connectivity index (χ0n) is 13.7. The number of nitrogens with zero attached hydrogens (tertiary/aromatic N) is 1. The average molecular weight is 358 g/mol. The zero-order valence-corrected chi connectivity index (χ0v) is 14.5. The van der Waals surface area contributed by atoms with Crippen LogP contribution in [0.15, 0.2) is 24.3 Å². The van der Waals surface area contributed by atoms with Crippen molar-refractivity contribution in [3.05, 3.63) is 35.6 Å². The number of benzene rings is 1. The van der Waals surface area contributed by atoms with E-state index in [2.05, 4.69) is 5.32 Å². The first-order valence-electron chi connectivity index (χ1n) is 7.93. The lowest BCUT2D eigenvalue weighted by Gasteiger charge is -2.22. The van der Waals surface area contributed by atoms with Gasteiger partial charge >= 0.3 is 0 Å². The van der Waals surface area contributed by atoms with Crippen molar-refractivity contribution in [3.8, 4) is 0 Å². The first kappa shape index (κ1) is 18.8. The van der Waals surface area contributed by atoms with Crippen LogP contribution in [-0.4, -0.2) is 50.7 Å². The van der Waals surface area contributed by atoms with Gasteiger partial charge in [0.2, 0.25) is 15.9 Å². The van der Waals surface area contributed by atoms with E-state index < -0.39 is 10.0 Å². The SMILES string of the molecule is CS(=O)(=O)N(CCC(=O)NCc1ccccc1F)CC1CCCO1. The van der Waals surface area contributed by atoms with Crippen molar-refractivity contribution in [1.82, 2.24) is 9.62 Å². The third-order valence-corrected chi connectivity index (χ3v) is 5.19. The summed E-state index contributed by atoms with van der Waals surface area (Å²) in [7, 11) is -3.41. The number of rotatable bonds is 8. The van der Waals surface area contributed by atoms with Crippen molar-refractivity contribution in [2.45, 2.75) is 31.9 Å². The van der Waals surface area contributed by atoms with Gasteiger partial charge in [0.15, 0.2) is 0 Å². The topological polar surface area (TPSA) is 75.7 Å². The average Bonchev–Trinajstić information content (AvgIpc) is 3.02. The second-order valence-electron chi connectivity index (χ2n) is 5.87. The maximum absolute atomic E-state index is 13.5. The van der Waals surface area contributed by atoms with Gasteiger partial charge in [0.1, 0.15) is 5.82 Å². The quantitative estimate of drug-likeness (QED) is 0.759. The highest BCUT2D eigenvalue weighted by atomic mass is 32.2. The third-order valence-electron chi connectivity index (χ3n) is 3.92. The fourth-order valence-corrected chi connectivity index (χ4v) is 3.42. The van der Waals surface area contributed by atoms with Crippen molar-refractivity contribution < 1.29 is 22.3 Å². The summed E-state index contributed by atoms with van der Waals surface area (Å²) in [5.74, 6) is -0.701. The molecule has 0 aromatic heterocycles. The van der Waals surface area contributed by atoms with Gasteiger partial charge in [-0.05, 0) is 18.9 Å². The van der Waals surface area contributed by atoms with Crippen LogP contribution in [0, 0.1) is 5.82 Å².